The maximum Gasteiger partial charge on any atom is 0.314 e. The van der Waals surface area contributed by atoms with Crippen LogP contribution in [0.25, 0.3) is 0 Å². The Balaban J connectivity index is 1.53. The topological polar surface area (TPSA) is 338 Å². The average molecular weight is 1020 g/mol. The van der Waals surface area contributed by atoms with E-state index in [2.05, 4.69) is 16.0 Å². The predicted octanol–water partition coefficient (Wildman–Crippen LogP) is 0.824. The van der Waals surface area contributed by atoms with Crippen LogP contribution in [0.1, 0.15) is 98.0 Å². The Kier molecular flexibility index (Phi) is 22.1. The third-order valence-electron chi connectivity index (χ3n) is 12.2. The smallest absolute Gasteiger partial charge is 0.314 e. The molecule has 0 fully saturated rings. The van der Waals surface area contributed by atoms with Crippen LogP contribution in [-0.2, 0) is 78.2 Å². The van der Waals surface area contributed by atoms with E-state index in [4.69, 9.17) is 19.9 Å². The number of nitrogens with two attached hydrogens (primary N) is 1. The molecule has 4 rings (SSSR count). The van der Waals surface area contributed by atoms with Crippen molar-refractivity contribution in [3.05, 3.63) is 48.1 Å². The van der Waals surface area contributed by atoms with Crippen LogP contribution >= 0.6 is 0 Å². The zero-order valence-corrected chi connectivity index (χ0v) is 41.5. The number of carboxylic acid groups (broad SMARTS) is 1. The van der Waals surface area contributed by atoms with Crippen LogP contribution in [0.4, 0.5) is 5.69 Å². The number of aliphatic carboxylic acids is 1. The lowest BCUT2D eigenvalue weighted by atomic mass is 9.91. The molecule has 7 unspecified atom stereocenters. The summed E-state index contributed by atoms with van der Waals surface area (Å²) in [5.74, 6) is -13.1. The number of Topliss-reactive ketones (excluding diaryl/α,β-unsaturated/α-hetero) is 4. The van der Waals surface area contributed by atoms with Gasteiger partial charge in [-0.25, -0.2) is 0 Å². The highest BCUT2D eigenvalue weighted by molar-refractivity contribution is 6.19. The second-order valence-electron chi connectivity index (χ2n) is 18.4. The second kappa shape index (κ2) is 27.6. The Hall–Kier alpha value is -7.11. The van der Waals surface area contributed by atoms with Crippen molar-refractivity contribution in [2.75, 3.05) is 31.7 Å². The molecule has 7 amide bonds. The molecule has 0 aromatic heterocycles. The van der Waals surface area contributed by atoms with E-state index in [1.54, 1.807) is 6.07 Å². The summed E-state index contributed by atoms with van der Waals surface area (Å²) in [6, 6.07) is -2.03. The highest BCUT2D eigenvalue weighted by Gasteiger charge is 2.49. The summed E-state index contributed by atoms with van der Waals surface area (Å²) in [7, 11) is 0. The zero-order valence-electron chi connectivity index (χ0n) is 41.5. The van der Waals surface area contributed by atoms with Crippen LogP contribution in [0, 0.1) is 17.8 Å². The average Bonchev–Trinajstić information content (AvgIpc) is 3.83. The van der Waals surface area contributed by atoms with Crippen molar-refractivity contribution >= 4 is 82.1 Å². The Bertz CT molecular complexity index is 2360. The molecule has 23 heteroatoms. The Labute approximate surface area is 421 Å². The third kappa shape index (κ3) is 17.3. The van der Waals surface area contributed by atoms with Crippen molar-refractivity contribution in [2.24, 2.45) is 23.5 Å². The van der Waals surface area contributed by atoms with E-state index in [9.17, 15) is 67.4 Å². The van der Waals surface area contributed by atoms with Crippen LogP contribution in [-0.4, -0.2) is 148 Å². The molecule has 0 saturated carbocycles. The van der Waals surface area contributed by atoms with Crippen molar-refractivity contribution in [1.82, 2.24) is 20.4 Å². The maximum absolute atomic E-state index is 14.0. The van der Waals surface area contributed by atoms with Crippen molar-refractivity contribution in [2.45, 2.75) is 129 Å². The number of rotatable bonds is 7. The molecule has 396 valence electrons. The highest BCUT2D eigenvalue weighted by Crippen LogP contribution is 2.30. The van der Waals surface area contributed by atoms with Crippen molar-refractivity contribution < 1.29 is 81.6 Å². The number of anilines is 1. The molecule has 0 bridgehead atoms. The third-order valence-corrected chi connectivity index (χ3v) is 12.2. The molecule has 1 aromatic rings. The lowest BCUT2D eigenvalue weighted by Gasteiger charge is -2.35. The van der Waals surface area contributed by atoms with Gasteiger partial charge in [-0.1, -0.05) is 26.8 Å². The molecule has 3 aliphatic heterocycles. The number of fused-ring (bicyclic) bond motifs is 1. The SMILES string of the molecule is CC(C[C@@H](N)Cc1ccc2c(c1)NC(=O)C(C)CC(=O)C(C)NC(=O)CCOCCCC(=O)C(N1C(=O)C=CC1=O)C(N1C(=O)C=CC1=O)C(=O)CCCOCCC(=O)NC(C)C(=O)CC(C)C(=O)O2)C(=O)O. The van der Waals surface area contributed by atoms with Gasteiger partial charge in [-0.05, 0) is 57.2 Å². The van der Waals surface area contributed by atoms with Gasteiger partial charge in [0, 0.05) is 88.0 Å². The van der Waals surface area contributed by atoms with E-state index < -0.39 is 137 Å². The molecule has 3 aliphatic rings. The molecule has 3 heterocycles. The first kappa shape index (κ1) is 58.5. The molecule has 1 aromatic carbocycles. The number of hydrogen-bond donors (Lipinski definition) is 5. The summed E-state index contributed by atoms with van der Waals surface area (Å²) in [6.45, 7) is 6.67. The number of carbonyl (C=O) groups is 13. The summed E-state index contributed by atoms with van der Waals surface area (Å²) < 4.78 is 16.8. The van der Waals surface area contributed by atoms with E-state index in [0.29, 0.717) is 15.4 Å². The van der Waals surface area contributed by atoms with E-state index in [0.717, 1.165) is 24.3 Å². The van der Waals surface area contributed by atoms with Crippen LogP contribution in [0.15, 0.2) is 42.5 Å². The summed E-state index contributed by atoms with van der Waals surface area (Å²) in [5, 5.41) is 17.1. The number of benzene rings is 1. The minimum absolute atomic E-state index is 0.0233. The van der Waals surface area contributed by atoms with Gasteiger partial charge in [-0.15, -0.1) is 0 Å². The second-order valence-corrected chi connectivity index (χ2v) is 18.4. The number of nitrogens with one attached hydrogen (secondary N) is 3. The van der Waals surface area contributed by atoms with Gasteiger partial charge < -0.3 is 41.0 Å². The molecular formula is C50H64N6O17. The number of ketones is 4. The van der Waals surface area contributed by atoms with Crippen LogP contribution in [0.5, 0.6) is 5.75 Å². The molecule has 0 aliphatic carbocycles. The molecule has 73 heavy (non-hydrogen) atoms. The monoisotopic (exact) mass is 1020 g/mol. The predicted molar refractivity (Wildman–Crippen MR) is 256 cm³/mol. The lowest BCUT2D eigenvalue weighted by Crippen LogP contribution is -2.61. The van der Waals surface area contributed by atoms with Gasteiger partial charge in [-0.3, -0.25) is 72.1 Å². The molecular weight excluding hydrogens is 957 g/mol. The fraction of sp³-hybridized carbons (Fsp3) is 0.540. The number of carboxylic acids is 1. The zero-order chi connectivity index (χ0) is 54.1. The Morgan fingerprint density at radius 3 is 1.56 bits per heavy atom. The van der Waals surface area contributed by atoms with E-state index in [1.807, 2.05) is 0 Å². The summed E-state index contributed by atoms with van der Waals surface area (Å²) in [6.07, 6.45) is 1.83. The molecule has 0 spiro atoms. The van der Waals surface area contributed by atoms with Gasteiger partial charge in [0.15, 0.2) is 28.9 Å². The fourth-order valence-electron chi connectivity index (χ4n) is 8.04. The summed E-state index contributed by atoms with van der Waals surface area (Å²) in [4.78, 5) is 171. The summed E-state index contributed by atoms with van der Waals surface area (Å²) in [5.41, 5.74) is 6.83. The van der Waals surface area contributed by atoms with Gasteiger partial charge in [0.05, 0.1) is 42.8 Å². The van der Waals surface area contributed by atoms with Crippen LogP contribution in [0.2, 0.25) is 0 Å². The highest BCUT2D eigenvalue weighted by atomic mass is 16.5. The first-order valence-electron chi connectivity index (χ1n) is 24.1. The van der Waals surface area contributed by atoms with Crippen molar-refractivity contribution in [3.63, 3.8) is 0 Å². The number of hydrogen-bond acceptors (Lipinski definition) is 17. The van der Waals surface area contributed by atoms with Crippen LogP contribution < -0.4 is 26.4 Å². The van der Waals surface area contributed by atoms with E-state index >= 15 is 0 Å². The van der Waals surface area contributed by atoms with Gasteiger partial charge >= 0.3 is 11.9 Å². The van der Waals surface area contributed by atoms with Gasteiger partial charge in [-0.2, -0.15) is 0 Å². The molecule has 0 saturated heterocycles. The lowest BCUT2D eigenvalue weighted by molar-refractivity contribution is -0.156. The minimum atomic E-state index is -1.90. The number of carbonyl (C=O) groups excluding carboxylic acids is 12. The van der Waals surface area contributed by atoms with Crippen molar-refractivity contribution in [1.29, 1.82) is 0 Å². The molecule has 0 radical (unpaired) electrons. The number of ether oxygens (including phenoxy) is 3. The Morgan fingerprint density at radius 2 is 1.11 bits per heavy atom. The Morgan fingerprint density at radius 1 is 0.658 bits per heavy atom. The van der Waals surface area contributed by atoms with Gasteiger partial charge in [0.1, 0.15) is 12.1 Å². The number of nitrogens with zero attached hydrogens (tertiary/aromatic N) is 2. The van der Waals surface area contributed by atoms with Gasteiger partial charge in [0.25, 0.3) is 23.6 Å². The van der Waals surface area contributed by atoms with E-state index in [1.165, 1.54) is 46.8 Å². The van der Waals surface area contributed by atoms with Crippen molar-refractivity contribution in [3.8, 4) is 5.75 Å². The maximum atomic E-state index is 14.0. The van der Waals surface area contributed by atoms with E-state index in [-0.39, 0.29) is 89.2 Å². The quantitative estimate of drug-likeness (QED) is 0.143. The molecule has 6 N–H and O–H groups in total. The first-order valence-corrected chi connectivity index (χ1v) is 24.1. The minimum Gasteiger partial charge on any atom is -0.481 e. The normalized spacial score (nSPS) is 25.9. The molecule has 23 nitrogen and oxygen atoms in total. The number of imide groups is 2. The fourth-order valence-corrected chi connectivity index (χ4v) is 8.04. The largest absolute Gasteiger partial charge is 0.481 e. The number of esters is 1. The number of amides is 7. The first-order chi connectivity index (χ1) is 34.5. The van der Waals surface area contributed by atoms with Gasteiger partial charge in [0.2, 0.25) is 17.7 Å². The summed E-state index contributed by atoms with van der Waals surface area (Å²) >= 11 is 0. The van der Waals surface area contributed by atoms with Crippen LogP contribution in [0.3, 0.4) is 0 Å². The molecule has 8 atom stereocenters. The standard InChI is InChI=1S/C50H64N6O17/c1-27-23-37(59)30(4)52-40(61)16-20-71-18-6-8-35(57)46(55-42(63)12-13-43(55)64)47(56-44(65)14-15-45(56)66)36(58)9-7-19-72-21-17-41(62)53-31(5)38(60)24-29(3)50(70)73-39-11-10-32(26-34(39)54-48(27)67)25-33(51)22-28(2)49(68)69/h10-15,26-31,33,46-47H,6-9,16-25,51H2,1-5H3,(H,52,61)(H,53,62)(H,54,67)(H,68,69)/t27?,28?,29?,30?,31?,33-,46?,47?/m1/s1.